The van der Waals surface area contributed by atoms with E-state index in [9.17, 15) is 0 Å². The van der Waals surface area contributed by atoms with Crippen LogP contribution in [0.4, 0.5) is 0 Å². The predicted octanol–water partition coefficient (Wildman–Crippen LogP) is 7.18. The minimum Gasteiger partial charge on any atom is -0.217 e. The van der Waals surface area contributed by atoms with E-state index >= 15 is 0 Å². The summed E-state index contributed by atoms with van der Waals surface area (Å²) < 4.78 is 31.1. The Bertz CT molecular complexity index is 1260. The Morgan fingerprint density at radius 3 is 2.16 bits per heavy atom. The number of hydrogen-bond donors (Lipinski definition) is 0. The number of rotatable bonds is 3. The van der Waals surface area contributed by atoms with Gasteiger partial charge in [0.15, 0.2) is 11.4 Å². The number of para-hydroxylation sites is 1. The van der Waals surface area contributed by atoms with E-state index < -0.39 is 6.85 Å². The van der Waals surface area contributed by atoms with Crippen molar-refractivity contribution in [3.63, 3.8) is 0 Å². The Morgan fingerprint density at radius 1 is 0.844 bits per heavy atom. The van der Waals surface area contributed by atoms with E-state index in [0.29, 0.717) is 17.7 Å². The number of nitrogens with zero attached hydrogens (tertiary/aromatic N) is 2. The molecular weight excluding hydrogens is 388 g/mol. The van der Waals surface area contributed by atoms with Crippen LogP contribution in [0.15, 0.2) is 48.5 Å². The molecule has 1 unspecified atom stereocenters. The molecule has 2 nitrogen and oxygen atoms in total. The first kappa shape index (κ1) is 17.2. The van der Waals surface area contributed by atoms with Gasteiger partial charge in [-0.25, -0.2) is 4.57 Å². The summed E-state index contributed by atoms with van der Waals surface area (Å²) >= 11 is 0. The van der Waals surface area contributed by atoms with Crippen LogP contribution in [0.3, 0.4) is 0 Å². The first-order valence-electron chi connectivity index (χ1n) is 14.2. The van der Waals surface area contributed by atoms with Crippen molar-refractivity contribution >= 4 is 0 Å². The molecule has 0 bridgehead atoms. The Kier molecular flexibility index (Phi) is 4.08. The summed E-state index contributed by atoms with van der Waals surface area (Å²) in [5.41, 5.74) is 6.64. The zero-order valence-corrected chi connectivity index (χ0v) is 19.5. The van der Waals surface area contributed by atoms with E-state index in [-0.39, 0.29) is 5.54 Å². The van der Waals surface area contributed by atoms with Gasteiger partial charge in [-0.15, -0.1) is 0 Å². The topological polar surface area (TPSA) is 8.81 Å². The van der Waals surface area contributed by atoms with Gasteiger partial charge < -0.3 is 0 Å². The smallest absolute Gasteiger partial charge is 0.217 e. The molecule has 1 aliphatic heterocycles. The third kappa shape index (κ3) is 2.62. The molecule has 6 rings (SSSR count). The number of imidazole rings is 1. The van der Waals surface area contributed by atoms with Crippen LogP contribution >= 0.6 is 0 Å². The molecule has 0 amide bonds. The van der Waals surface area contributed by atoms with Crippen LogP contribution in [0.25, 0.3) is 16.9 Å². The normalized spacial score (nSPS) is 25.2. The van der Waals surface area contributed by atoms with Crippen LogP contribution < -0.4 is 4.57 Å². The third-order valence-corrected chi connectivity index (χ3v) is 8.87. The van der Waals surface area contributed by atoms with Gasteiger partial charge in [-0.2, -0.15) is 4.57 Å². The molecule has 0 N–H and O–H groups in total. The summed E-state index contributed by atoms with van der Waals surface area (Å²) in [4.78, 5) is 0. The molecule has 0 saturated heterocycles. The van der Waals surface area contributed by atoms with Gasteiger partial charge in [-0.05, 0) is 44.2 Å². The maximum Gasteiger partial charge on any atom is 0.259 e. The lowest BCUT2D eigenvalue weighted by molar-refractivity contribution is -0.761. The zero-order chi connectivity index (χ0) is 24.4. The van der Waals surface area contributed by atoms with Crippen LogP contribution in [0.5, 0.6) is 0 Å². The fourth-order valence-corrected chi connectivity index (χ4v) is 7.62. The number of fused-ring (bicyclic) bond motifs is 3. The van der Waals surface area contributed by atoms with Gasteiger partial charge in [0, 0.05) is 40.9 Å². The minimum atomic E-state index is -2.23. The average molecular weight is 429 g/mol. The summed E-state index contributed by atoms with van der Waals surface area (Å²) in [6.45, 7) is 1.99. The van der Waals surface area contributed by atoms with E-state index in [1.807, 2.05) is 12.1 Å². The average Bonchev–Trinajstić information content (AvgIpc) is 3.55. The summed E-state index contributed by atoms with van der Waals surface area (Å²) in [5.74, 6) is 1.44. The van der Waals surface area contributed by atoms with Gasteiger partial charge in [0.1, 0.15) is 11.2 Å². The Labute approximate surface area is 197 Å². The van der Waals surface area contributed by atoms with Gasteiger partial charge in [0.2, 0.25) is 0 Å². The van der Waals surface area contributed by atoms with E-state index in [4.69, 9.17) is 4.11 Å². The quantitative estimate of drug-likeness (QED) is 0.391. The summed E-state index contributed by atoms with van der Waals surface area (Å²) in [7, 11) is 0. The molecular formula is C30H37N2+. The van der Waals surface area contributed by atoms with E-state index in [2.05, 4.69) is 59.4 Å². The van der Waals surface area contributed by atoms with E-state index in [1.165, 1.54) is 68.9 Å². The second kappa shape index (κ2) is 7.61. The lowest BCUT2D eigenvalue weighted by Gasteiger charge is -2.43. The molecule has 2 aromatic carbocycles. The molecule has 3 aliphatic rings. The summed E-state index contributed by atoms with van der Waals surface area (Å²) in [6.07, 6.45) is 11.0. The standard InChI is InChI=1S/C30H37N2/c1-21-13-7-12-20-28(21)31-22(2)29-26-18-10-11-19-27(26)30(32(29)23(31)3,25-16-8-9-17-25)24-14-5-4-6-15-24/h7,10-13,18-20,24-25H,4-6,8-9,14-17H2,1-3H3/q+1/i3D3. The zero-order valence-electron chi connectivity index (χ0n) is 22.5. The highest BCUT2D eigenvalue weighted by Crippen LogP contribution is 2.55. The largest absolute Gasteiger partial charge is 0.259 e. The van der Waals surface area contributed by atoms with Crippen molar-refractivity contribution in [2.75, 3.05) is 0 Å². The van der Waals surface area contributed by atoms with Crippen molar-refractivity contribution in [2.24, 2.45) is 11.8 Å². The van der Waals surface area contributed by atoms with Crippen LogP contribution in [0.1, 0.15) is 84.5 Å². The number of benzene rings is 2. The lowest BCUT2D eigenvalue weighted by atomic mass is 9.64. The van der Waals surface area contributed by atoms with Crippen molar-refractivity contribution in [2.45, 2.75) is 84.0 Å². The second-order valence-electron chi connectivity index (χ2n) is 10.4. The van der Waals surface area contributed by atoms with Crippen molar-refractivity contribution in [3.05, 3.63) is 71.2 Å². The Balaban J connectivity index is 1.77. The summed E-state index contributed by atoms with van der Waals surface area (Å²) in [6, 6.07) is 17.1. The fraction of sp³-hybridized carbons (Fsp3) is 0.500. The number of aryl methyl sites for hydroxylation is 1. The first-order chi connectivity index (χ1) is 16.9. The van der Waals surface area contributed by atoms with E-state index in [1.54, 1.807) is 0 Å². The minimum absolute atomic E-state index is 0.273. The van der Waals surface area contributed by atoms with Gasteiger partial charge in [0.25, 0.3) is 5.82 Å². The molecule has 166 valence electrons. The molecule has 2 fully saturated rings. The third-order valence-electron chi connectivity index (χ3n) is 8.87. The molecule has 3 aromatic rings. The maximum absolute atomic E-state index is 8.88. The monoisotopic (exact) mass is 428 g/mol. The van der Waals surface area contributed by atoms with Crippen LogP contribution in [-0.4, -0.2) is 4.57 Å². The van der Waals surface area contributed by atoms with Crippen LogP contribution in [-0.2, 0) is 5.54 Å². The highest BCUT2D eigenvalue weighted by molar-refractivity contribution is 5.69. The second-order valence-corrected chi connectivity index (χ2v) is 10.4. The molecule has 2 heterocycles. The van der Waals surface area contributed by atoms with Gasteiger partial charge in [0.05, 0.1) is 0 Å². The highest BCUT2D eigenvalue weighted by atomic mass is 15.2. The molecule has 0 spiro atoms. The fourth-order valence-electron chi connectivity index (χ4n) is 7.62. The predicted molar refractivity (Wildman–Crippen MR) is 131 cm³/mol. The molecule has 2 heteroatoms. The van der Waals surface area contributed by atoms with Crippen molar-refractivity contribution in [3.8, 4) is 16.9 Å². The van der Waals surface area contributed by atoms with Crippen molar-refractivity contribution < 1.29 is 8.68 Å². The summed E-state index contributed by atoms with van der Waals surface area (Å²) in [5, 5.41) is 0. The van der Waals surface area contributed by atoms with Crippen molar-refractivity contribution in [1.82, 2.24) is 4.57 Å². The first-order valence-corrected chi connectivity index (χ1v) is 12.7. The van der Waals surface area contributed by atoms with Gasteiger partial charge >= 0.3 is 0 Å². The highest BCUT2D eigenvalue weighted by Gasteiger charge is 2.60. The molecule has 1 aromatic heterocycles. The Morgan fingerprint density at radius 2 is 1.47 bits per heavy atom. The number of hydrogen-bond acceptors (Lipinski definition) is 0. The molecule has 0 radical (unpaired) electrons. The lowest BCUT2D eigenvalue weighted by Crippen LogP contribution is -2.64. The van der Waals surface area contributed by atoms with Gasteiger partial charge in [-0.1, -0.05) is 74.6 Å². The molecule has 2 aliphatic carbocycles. The Hall–Kier alpha value is -2.35. The molecule has 1 atom stereocenters. The molecule has 32 heavy (non-hydrogen) atoms. The number of aromatic nitrogens is 2. The maximum atomic E-state index is 8.88. The SMILES string of the molecule is [2H]C([2H])([2H])c1n(-c2ccccc2C)c(C)c2[n+]1C(C1CCCCC1)(C1CCCC1)c1ccccc1-2. The van der Waals surface area contributed by atoms with Gasteiger partial charge in [-0.3, -0.25) is 0 Å². The molecule has 2 saturated carbocycles. The van der Waals surface area contributed by atoms with Crippen molar-refractivity contribution in [1.29, 1.82) is 0 Å². The van der Waals surface area contributed by atoms with E-state index in [0.717, 1.165) is 22.6 Å². The van der Waals surface area contributed by atoms with Crippen LogP contribution in [0, 0.1) is 32.5 Å². The van der Waals surface area contributed by atoms with Crippen LogP contribution in [0.2, 0.25) is 0 Å².